The SMILES string of the molecule is CCCCCS1(Cc2ccccc2)=NC(=O)C=C(C)N=1. The molecule has 3 nitrogen and oxygen atoms in total. The van der Waals surface area contributed by atoms with Crippen LogP contribution in [0.15, 0.2) is 50.8 Å². The van der Waals surface area contributed by atoms with Gasteiger partial charge in [0.15, 0.2) is 0 Å². The summed E-state index contributed by atoms with van der Waals surface area (Å²) in [5.41, 5.74) is 2.04. The third kappa shape index (κ3) is 4.04. The lowest BCUT2D eigenvalue weighted by molar-refractivity contribution is -0.113. The summed E-state index contributed by atoms with van der Waals surface area (Å²) < 4.78 is 9.22. The number of hydrogen-bond donors (Lipinski definition) is 0. The van der Waals surface area contributed by atoms with E-state index in [1.807, 2.05) is 25.1 Å². The standard InChI is InChI=1S/C16H22N2OS/c1-3-4-8-11-20(13-15-9-6-5-7-10-15)17-14(2)12-16(19)18-20/h5-7,9-10,12H,3-4,8,11,13H2,1-2H3. The molecule has 1 heterocycles. The van der Waals surface area contributed by atoms with Gasteiger partial charge in [0.1, 0.15) is 0 Å². The molecule has 1 aliphatic rings. The van der Waals surface area contributed by atoms with E-state index < -0.39 is 9.62 Å². The molecule has 108 valence electrons. The van der Waals surface area contributed by atoms with Gasteiger partial charge < -0.3 is 0 Å². The van der Waals surface area contributed by atoms with Crippen molar-refractivity contribution in [3.63, 3.8) is 0 Å². The Balaban J connectivity index is 2.33. The van der Waals surface area contributed by atoms with Gasteiger partial charge in [0.2, 0.25) is 0 Å². The summed E-state index contributed by atoms with van der Waals surface area (Å²) in [7, 11) is -1.59. The van der Waals surface area contributed by atoms with Crippen LogP contribution in [-0.2, 0) is 20.2 Å². The zero-order valence-electron chi connectivity index (χ0n) is 12.2. The average molecular weight is 290 g/mol. The highest BCUT2D eigenvalue weighted by molar-refractivity contribution is 7.95. The van der Waals surface area contributed by atoms with Crippen LogP contribution in [0.4, 0.5) is 0 Å². The number of carbonyl (C=O) groups is 1. The van der Waals surface area contributed by atoms with E-state index in [0.29, 0.717) is 0 Å². The van der Waals surface area contributed by atoms with Crippen molar-refractivity contribution in [3.05, 3.63) is 47.7 Å². The highest BCUT2D eigenvalue weighted by Gasteiger charge is 2.15. The first-order valence-corrected chi connectivity index (χ1v) is 9.03. The lowest BCUT2D eigenvalue weighted by atomic mass is 10.2. The van der Waals surface area contributed by atoms with E-state index in [1.165, 1.54) is 24.5 Å². The average Bonchev–Trinajstić information content (AvgIpc) is 2.38. The van der Waals surface area contributed by atoms with Crippen molar-refractivity contribution < 1.29 is 4.79 Å². The number of nitrogens with zero attached hydrogens (tertiary/aromatic N) is 2. The van der Waals surface area contributed by atoms with E-state index in [2.05, 4.69) is 23.4 Å². The smallest absolute Gasteiger partial charge is 0.267 e. The minimum absolute atomic E-state index is 0.111. The van der Waals surface area contributed by atoms with Crippen molar-refractivity contribution in [2.24, 2.45) is 8.73 Å². The number of benzene rings is 1. The van der Waals surface area contributed by atoms with Crippen molar-refractivity contribution in [2.45, 2.75) is 38.9 Å². The molecule has 0 aromatic heterocycles. The Morgan fingerprint density at radius 3 is 2.50 bits per heavy atom. The molecular weight excluding hydrogens is 268 g/mol. The third-order valence-corrected chi connectivity index (χ3v) is 6.11. The normalized spacial score (nSPS) is 21.9. The summed E-state index contributed by atoms with van der Waals surface area (Å²) in [6, 6.07) is 10.3. The molecule has 0 saturated heterocycles. The summed E-state index contributed by atoms with van der Waals surface area (Å²) >= 11 is 0. The van der Waals surface area contributed by atoms with Gasteiger partial charge in [-0.25, -0.2) is 4.36 Å². The summed E-state index contributed by atoms with van der Waals surface area (Å²) in [4.78, 5) is 11.8. The Morgan fingerprint density at radius 1 is 1.10 bits per heavy atom. The van der Waals surface area contributed by atoms with Gasteiger partial charge in [0, 0.05) is 17.6 Å². The Bertz CT molecular complexity index is 623. The van der Waals surface area contributed by atoms with E-state index in [0.717, 1.165) is 23.6 Å². The molecule has 0 aliphatic carbocycles. The lowest BCUT2D eigenvalue weighted by Crippen LogP contribution is -2.14. The molecule has 1 aromatic carbocycles. The predicted octanol–water partition coefficient (Wildman–Crippen LogP) is 4.34. The van der Waals surface area contributed by atoms with E-state index in [1.54, 1.807) is 0 Å². The van der Waals surface area contributed by atoms with Gasteiger partial charge in [-0.1, -0.05) is 50.1 Å². The summed E-state index contributed by atoms with van der Waals surface area (Å²) in [6.45, 7) is 4.09. The van der Waals surface area contributed by atoms with E-state index in [9.17, 15) is 4.79 Å². The molecule has 1 unspecified atom stereocenters. The van der Waals surface area contributed by atoms with Gasteiger partial charge in [0.05, 0.1) is 5.70 Å². The van der Waals surface area contributed by atoms with Crippen LogP contribution in [0.2, 0.25) is 0 Å². The van der Waals surface area contributed by atoms with Crippen LogP contribution >= 0.6 is 0 Å². The second-order valence-corrected chi connectivity index (χ2v) is 7.82. The van der Waals surface area contributed by atoms with E-state index >= 15 is 0 Å². The van der Waals surface area contributed by atoms with E-state index in [-0.39, 0.29) is 5.91 Å². The molecule has 1 aliphatic heterocycles. The Morgan fingerprint density at radius 2 is 1.85 bits per heavy atom. The molecule has 1 aromatic rings. The van der Waals surface area contributed by atoms with Crippen LogP contribution in [-0.4, -0.2) is 11.7 Å². The first kappa shape index (κ1) is 15.0. The van der Waals surface area contributed by atoms with Crippen LogP contribution in [0, 0.1) is 0 Å². The number of hydrogen-bond acceptors (Lipinski definition) is 2. The van der Waals surface area contributed by atoms with Crippen molar-refractivity contribution in [2.75, 3.05) is 5.75 Å². The van der Waals surface area contributed by atoms with Crippen LogP contribution in [0.3, 0.4) is 0 Å². The van der Waals surface area contributed by atoms with Crippen molar-refractivity contribution in [3.8, 4) is 0 Å². The zero-order valence-corrected chi connectivity index (χ0v) is 13.0. The number of rotatable bonds is 6. The minimum Gasteiger partial charge on any atom is -0.267 e. The van der Waals surface area contributed by atoms with Crippen molar-refractivity contribution in [1.82, 2.24) is 0 Å². The molecule has 1 amide bonds. The first-order chi connectivity index (χ1) is 9.63. The molecule has 0 saturated carbocycles. The molecule has 0 radical (unpaired) electrons. The van der Waals surface area contributed by atoms with Gasteiger partial charge in [-0.05, 0) is 28.5 Å². The molecule has 0 bridgehead atoms. The maximum Gasteiger partial charge on any atom is 0.278 e. The summed E-state index contributed by atoms with van der Waals surface area (Å²) in [5.74, 6) is 1.60. The second kappa shape index (κ2) is 6.84. The minimum atomic E-state index is -1.59. The Labute approximate surface area is 121 Å². The van der Waals surface area contributed by atoms with E-state index in [4.69, 9.17) is 4.36 Å². The van der Waals surface area contributed by atoms with Gasteiger partial charge in [-0.15, -0.1) is 0 Å². The highest BCUT2D eigenvalue weighted by Crippen LogP contribution is 2.20. The number of unbranched alkanes of at least 4 members (excludes halogenated alkanes) is 2. The lowest BCUT2D eigenvalue weighted by Gasteiger charge is -2.18. The van der Waals surface area contributed by atoms with Crippen LogP contribution in [0.5, 0.6) is 0 Å². The monoisotopic (exact) mass is 290 g/mol. The molecule has 0 spiro atoms. The zero-order chi connectivity index (χ0) is 14.4. The molecule has 1 atom stereocenters. The molecule has 0 N–H and O–H groups in total. The summed E-state index contributed by atoms with van der Waals surface area (Å²) in [5, 5.41) is 0. The third-order valence-electron chi connectivity index (χ3n) is 3.22. The fraction of sp³-hybridized carbons (Fsp3) is 0.438. The Hall–Kier alpha value is -1.42. The van der Waals surface area contributed by atoms with Gasteiger partial charge in [-0.3, -0.25) is 4.79 Å². The van der Waals surface area contributed by atoms with Crippen LogP contribution < -0.4 is 0 Å². The van der Waals surface area contributed by atoms with Crippen molar-refractivity contribution >= 4 is 15.5 Å². The maximum absolute atomic E-state index is 11.8. The summed E-state index contributed by atoms with van der Waals surface area (Å²) in [6.07, 6.45) is 4.97. The predicted molar refractivity (Wildman–Crippen MR) is 85.5 cm³/mol. The molecule has 2 rings (SSSR count). The van der Waals surface area contributed by atoms with Crippen LogP contribution in [0.25, 0.3) is 0 Å². The largest absolute Gasteiger partial charge is 0.278 e. The number of allylic oxidation sites excluding steroid dienone is 1. The number of carbonyl (C=O) groups excluding carboxylic acids is 1. The first-order valence-electron chi connectivity index (χ1n) is 7.14. The second-order valence-electron chi connectivity index (χ2n) is 5.15. The molecule has 4 heteroatoms. The topological polar surface area (TPSA) is 41.8 Å². The molecular formula is C16H22N2OS. The maximum atomic E-state index is 11.8. The fourth-order valence-electron chi connectivity index (χ4n) is 2.34. The van der Waals surface area contributed by atoms with Gasteiger partial charge in [0.25, 0.3) is 5.91 Å². The fourth-order valence-corrected chi connectivity index (χ4v) is 5.21. The van der Waals surface area contributed by atoms with Crippen LogP contribution in [0.1, 0.15) is 38.7 Å². The molecule has 0 fully saturated rings. The van der Waals surface area contributed by atoms with Gasteiger partial charge >= 0.3 is 0 Å². The molecule has 20 heavy (non-hydrogen) atoms. The van der Waals surface area contributed by atoms with Crippen molar-refractivity contribution in [1.29, 1.82) is 0 Å². The quantitative estimate of drug-likeness (QED) is 0.718. The van der Waals surface area contributed by atoms with Gasteiger partial charge in [-0.2, -0.15) is 4.36 Å². The highest BCUT2D eigenvalue weighted by atomic mass is 32.2. The Kier molecular flexibility index (Phi) is 5.12. The number of amides is 1.